The Labute approximate surface area is 180 Å². The van der Waals surface area contributed by atoms with Crippen LogP contribution in [0.25, 0.3) is 55.8 Å². The molecule has 0 amide bonds. The molecule has 150 valence electrons. The number of hydrogen-bond acceptors (Lipinski definition) is 6. The molecule has 8 heteroatoms. The van der Waals surface area contributed by atoms with Gasteiger partial charge in [0, 0.05) is 28.9 Å². The lowest BCUT2D eigenvalue weighted by Gasteiger charge is -2.04. The highest BCUT2D eigenvalue weighted by atomic mass is 32.1. The highest BCUT2D eigenvalue weighted by Gasteiger charge is 2.16. The topological polar surface area (TPSA) is 92.4 Å². The molecule has 31 heavy (non-hydrogen) atoms. The molecule has 0 aliphatic heterocycles. The summed E-state index contributed by atoms with van der Waals surface area (Å²) >= 11 is 1.67. The number of benzene rings is 1. The fraction of sp³-hybridized carbons (Fsp3) is 0.0435. The molecule has 6 aromatic rings. The van der Waals surface area contributed by atoms with Crippen molar-refractivity contribution in [1.82, 2.24) is 30.1 Å². The average Bonchev–Trinajstić information content (AvgIpc) is 3.57. The van der Waals surface area contributed by atoms with Crippen LogP contribution in [0.4, 0.5) is 0 Å². The number of methoxy groups -OCH3 is 1. The summed E-state index contributed by atoms with van der Waals surface area (Å²) < 4.78 is 5.32. The highest BCUT2D eigenvalue weighted by Crippen LogP contribution is 2.33. The second kappa shape index (κ2) is 7.03. The van der Waals surface area contributed by atoms with E-state index in [4.69, 9.17) is 9.72 Å². The van der Waals surface area contributed by atoms with E-state index in [9.17, 15) is 0 Å². The first-order chi connectivity index (χ1) is 15.3. The van der Waals surface area contributed by atoms with E-state index in [0.717, 1.165) is 44.4 Å². The minimum Gasteiger partial charge on any atom is -0.495 e. The molecule has 0 saturated heterocycles. The maximum absolute atomic E-state index is 5.32. The van der Waals surface area contributed by atoms with E-state index in [1.807, 2.05) is 30.5 Å². The van der Waals surface area contributed by atoms with Gasteiger partial charge < -0.3 is 9.72 Å². The van der Waals surface area contributed by atoms with Crippen LogP contribution in [0.5, 0.6) is 5.75 Å². The van der Waals surface area contributed by atoms with Crippen molar-refractivity contribution in [3.05, 3.63) is 65.7 Å². The van der Waals surface area contributed by atoms with E-state index < -0.39 is 0 Å². The van der Waals surface area contributed by atoms with E-state index in [1.165, 1.54) is 0 Å². The summed E-state index contributed by atoms with van der Waals surface area (Å²) in [4.78, 5) is 16.9. The molecule has 0 aliphatic rings. The van der Waals surface area contributed by atoms with Gasteiger partial charge in [0.1, 0.15) is 11.4 Å². The number of H-pyrrole nitrogens is 2. The molecule has 0 spiro atoms. The fourth-order valence-corrected chi connectivity index (χ4v) is 4.40. The van der Waals surface area contributed by atoms with E-state index in [-0.39, 0.29) is 0 Å². The SMILES string of the molecule is COc1cncc(-c2ccc3[nH]nc(-c4nc5nccc(-c6ccsc6)c5[nH]4)c3c2)c1. The molecule has 0 unspecified atom stereocenters. The quantitative estimate of drug-likeness (QED) is 0.401. The van der Waals surface area contributed by atoms with Crippen LogP contribution in [0.3, 0.4) is 0 Å². The first-order valence-electron chi connectivity index (χ1n) is 9.65. The van der Waals surface area contributed by atoms with Crippen molar-refractivity contribution in [1.29, 1.82) is 0 Å². The smallest absolute Gasteiger partial charge is 0.178 e. The predicted octanol–water partition coefficient (Wildman–Crippen LogP) is 5.30. The number of thiophene rings is 1. The Bertz CT molecular complexity index is 1530. The molecule has 0 saturated carbocycles. The molecule has 5 aromatic heterocycles. The lowest BCUT2D eigenvalue weighted by atomic mass is 10.0. The first-order valence-corrected chi connectivity index (χ1v) is 10.6. The van der Waals surface area contributed by atoms with Gasteiger partial charge in [0.05, 0.1) is 24.3 Å². The minimum absolute atomic E-state index is 0.669. The van der Waals surface area contributed by atoms with Gasteiger partial charge in [-0.05, 0) is 52.2 Å². The number of fused-ring (bicyclic) bond motifs is 2. The van der Waals surface area contributed by atoms with E-state index >= 15 is 0 Å². The zero-order chi connectivity index (χ0) is 20.8. The zero-order valence-electron chi connectivity index (χ0n) is 16.5. The van der Waals surface area contributed by atoms with E-state index in [0.29, 0.717) is 17.2 Å². The van der Waals surface area contributed by atoms with Crippen molar-refractivity contribution in [2.75, 3.05) is 7.11 Å². The van der Waals surface area contributed by atoms with Crippen LogP contribution in [0.1, 0.15) is 0 Å². The summed E-state index contributed by atoms with van der Waals surface area (Å²) in [6.45, 7) is 0. The summed E-state index contributed by atoms with van der Waals surface area (Å²) in [5.74, 6) is 1.40. The Hall–Kier alpha value is -4.04. The van der Waals surface area contributed by atoms with Crippen LogP contribution in [0.15, 0.2) is 65.7 Å². The Kier molecular flexibility index (Phi) is 4.03. The largest absolute Gasteiger partial charge is 0.495 e. The van der Waals surface area contributed by atoms with Crippen LogP contribution in [-0.2, 0) is 0 Å². The zero-order valence-corrected chi connectivity index (χ0v) is 17.3. The summed E-state index contributed by atoms with van der Waals surface area (Å²) in [5.41, 5.74) is 7.47. The molecule has 0 radical (unpaired) electrons. The second-order valence-electron chi connectivity index (χ2n) is 7.10. The van der Waals surface area contributed by atoms with Crippen LogP contribution < -0.4 is 4.74 Å². The molecule has 0 bridgehead atoms. The molecule has 1 aromatic carbocycles. The number of hydrogen-bond donors (Lipinski definition) is 2. The first kappa shape index (κ1) is 17.8. The third kappa shape index (κ3) is 2.96. The number of nitrogens with zero attached hydrogens (tertiary/aromatic N) is 4. The number of pyridine rings is 2. The maximum Gasteiger partial charge on any atom is 0.178 e. The van der Waals surface area contributed by atoms with Crippen molar-refractivity contribution in [3.8, 4) is 39.5 Å². The van der Waals surface area contributed by atoms with Crippen LogP contribution in [0, 0.1) is 0 Å². The average molecular weight is 424 g/mol. The Balaban J connectivity index is 1.50. The van der Waals surface area contributed by atoms with Gasteiger partial charge in [-0.2, -0.15) is 16.4 Å². The molecular formula is C23H16N6OS. The lowest BCUT2D eigenvalue weighted by Crippen LogP contribution is -1.86. The number of aromatic amines is 2. The van der Waals surface area contributed by atoms with Gasteiger partial charge >= 0.3 is 0 Å². The summed E-state index contributed by atoms with van der Waals surface area (Å²) in [5, 5.41) is 12.8. The molecule has 6 rings (SSSR count). The Morgan fingerprint density at radius 2 is 1.97 bits per heavy atom. The van der Waals surface area contributed by atoms with Gasteiger partial charge in [0.2, 0.25) is 0 Å². The van der Waals surface area contributed by atoms with Gasteiger partial charge in [-0.25, -0.2) is 9.97 Å². The molecule has 2 N–H and O–H groups in total. The van der Waals surface area contributed by atoms with Crippen LogP contribution in [0.2, 0.25) is 0 Å². The standard InChI is InChI=1S/C23H16N6OS/c1-30-16-8-15(10-24-11-16)13-2-3-19-18(9-13)21(29-28-19)23-26-20-17(14-5-7-31-12-14)4-6-25-22(20)27-23/h2-12H,1H3,(H,28,29)(H,25,26,27). The second-order valence-corrected chi connectivity index (χ2v) is 7.88. The number of nitrogens with one attached hydrogen (secondary N) is 2. The number of rotatable bonds is 4. The fourth-order valence-electron chi connectivity index (χ4n) is 3.74. The summed E-state index contributed by atoms with van der Waals surface area (Å²) in [6, 6.07) is 12.2. The molecule has 0 atom stereocenters. The van der Waals surface area contributed by atoms with Crippen molar-refractivity contribution < 1.29 is 4.74 Å². The van der Waals surface area contributed by atoms with E-state index in [2.05, 4.69) is 48.0 Å². The van der Waals surface area contributed by atoms with Crippen molar-refractivity contribution in [3.63, 3.8) is 0 Å². The molecule has 7 nitrogen and oxygen atoms in total. The predicted molar refractivity (Wildman–Crippen MR) is 122 cm³/mol. The minimum atomic E-state index is 0.669. The number of aromatic nitrogens is 6. The van der Waals surface area contributed by atoms with Gasteiger partial charge in [0.15, 0.2) is 11.5 Å². The van der Waals surface area contributed by atoms with Crippen molar-refractivity contribution in [2.45, 2.75) is 0 Å². The van der Waals surface area contributed by atoms with Crippen molar-refractivity contribution in [2.24, 2.45) is 0 Å². The van der Waals surface area contributed by atoms with E-state index in [1.54, 1.807) is 30.8 Å². The Morgan fingerprint density at radius 3 is 2.84 bits per heavy atom. The molecule has 0 fully saturated rings. The summed E-state index contributed by atoms with van der Waals surface area (Å²) in [7, 11) is 1.64. The van der Waals surface area contributed by atoms with Gasteiger partial charge in [0.25, 0.3) is 0 Å². The van der Waals surface area contributed by atoms with Gasteiger partial charge in [-0.1, -0.05) is 6.07 Å². The van der Waals surface area contributed by atoms with Crippen molar-refractivity contribution >= 4 is 33.4 Å². The number of imidazole rings is 1. The normalized spacial score (nSPS) is 11.4. The third-order valence-electron chi connectivity index (χ3n) is 5.29. The highest BCUT2D eigenvalue weighted by molar-refractivity contribution is 7.08. The van der Waals surface area contributed by atoms with Crippen LogP contribution in [-0.4, -0.2) is 37.2 Å². The number of ether oxygens (including phenoxy) is 1. The molecular weight excluding hydrogens is 408 g/mol. The van der Waals surface area contributed by atoms with Crippen LogP contribution >= 0.6 is 11.3 Å². The van der Waals surface area contributed by atoms with Gasteiger partial charge in [-0.3, -0.25) is 10.1 Å². The molecule has 0 aliphatic carbocycles. The molecule has 5 heterocycles. The lowest BCUT2D eigenvalue weighted by molar-refractivity contribution is 0.413. The van der Waals surface area contributed by atoms with Gasteiger partial charge in [-0.15, -0.1) is 0 Å². The maximum atomic E-state index is 5.32. The summed E-state index contributed by atoms with van der Waals surface area (Å²) in [6.07, 6.45) is 5.30. The third-order valence-corrected chi connectivity index (χ3v) is 5.98. The monoisotopic (exact) mass is 424 g/mol. The Morgan fingerprint density at radius 1 is 1.00 bits per heavy atom.